The van der Waals surface area contributed by atoms with Crippen LogP contribution < -0.4 is 20.3 Å². The van der Waals surface area contributed by atoms with Crippen LogP contribution in [0.3, 0.4) is 0 Å². The van der Waals surface area contributed by atoms with Crippen molar-refractivity contribution in [3.05, 3.63) is 72.6 Å². The number of amides is 2. The van der Waals surface area contributed by atoms with Crippen molar-refractivity contribution in [3.63, 3.8) is 0 Å². The molecule has 1 heterocycles. The Balaban J connectivity index is 1.69. The number of alkyl halides is 3. The van der Waals surface area contributed by atoms with E-state index in [4.69, 9.17) is 14.2 Å². The Labute approximate surface area is 207 Å². The van der Waals surface area contributed by atoms with E-state index in [2.05, 4.69) is 15.6 Å². The number of hydrogen-bond donors (Lipinski definition) is 2. The molecule has 0 fully saturated rings. The van der Waals surface area contributed by atoms with Crippen LogP contribution in [-0.2, 0) is 15.7 Å². The number of halogens is 3. The Kier molecular flexibility index (Phi) is 9.48. The van der Waals surface area contributed by atoms with Crippen LogP contribution in [-0.4, -0.2) is 51.5 Å². The van der Waals surface area contributed by atoms with Crippen molar-refractivity contribution in [1.82, 2.24) is 4.98 Å². The second kappa shape index (κ2) is 12.8. The maximum atomic E-state index is 13.9. The van der Waals surface area contributed by atoms with Crippen LogP contribution in [0.15, 0.2) is 67.0 Å². The second-order valence-corrected chi connectivity index (χ2v) is 7.59. The van der Waals surface area contributed by atoms with Gasteiger partial charge in [0, 0.05) is 56.8 Å². The SMILES string of the molecule is COCCN(CCOC)c1ccc(NC(=O)Nc2ccc(Oc3ccncc3)cc2)cc1C(F)(F)F. The lowest BCUT2D eigenvalue weighted by molar-refractivity contribution is -0.137. The summed E-state index contributed by atoms with van der Waals surface area (Å²) in [7, 11) is 2.96. The topological polar surface area (TPSA) is 85.0 Å². The molecule has 3 rings (SSSR count). The van der Waals surface area contributed by atoms with Crippen molar-refractivity contribution in [2.75, 3.05) is 56.1 Å². The van der Waals surface area contributed by atoms with Crippen LogP contribution in [0.2, 0.25) is 0 Å². The number of ether oxygens (including phenoxy) is 3. The van der Waals surface area contributed by atoms with Gasteiger partial charge in [0.25, 0.3) is 0 Å². The van der Waals surface area contributed by atoms with E-state index in [9.17, 15) is 18.0 Å². The molecule has 0 aliphatic rings. The summed E-state index contributed by atoms with van der Waals surface area (Å²) in [6, 6.07) is 12.9. The van der Waals surface area contributed by atoms with E-state index in [1.54, 1.807) is 48.8 Å². The summed E-state index contributed by atoms with van der Waals surface area (Å²) in [4.78, 5) is 17.9. The second-order valence-electron chi connectivity index (χ2n) is 7.59. The van der Waals surface area contributed by atoms with E-state index in [1.165, 1.54) is 31.3 Å². The smallest absolute Gasteiger partial charge is 0.418 e. The van der Waals surface area contributed by atoms with Crippen LogP contribution in [0.5, 0.6) is 11.5 Å². The lowest BCUT2D eigenvalue weighted by atomic mass is 10.1. The Morgan fingerprint density at radius 2 is 1.42 bits per heavy atom. The molecule has 192 valence electrons. The van der Waals surface area contributed by atoms with Crippen molar-refractivity contribution in [1.29, 1.82) is 0 Å². The quantitative estimate of drug-likeness (QED) is 0.352. The highest BCUT2D eigenvalue weighted by atomic mass is 19.4. The van der Waals surface area contributed by atoms with Gasteiger partial charge in [-0.3, -0.25) is 4.98 Å². The van der Waals surface area contributed by atoms with Crippen LogP contribution in [0.25, 0.3) is 0 Å². The number of hydrogen-bond acceptors (Lipinski definition) is 6. The minimum absolute atomic E-state index is 0.000325. The average molecular weight is 505 g/mol. The van der Waals surface area contributed by atoms with Gasteiger partial charge in [-0.2, -0.15) is 13.2 Å². The molecule has 0 saturated heterocycles. The van der Waals surface area contributed by atoms with Crippen LogP contribution in [0, 0.1) is 0 Å². The number of carbonyl (C=O) groups is 1. The van der Waals surface area contributed by atoms with E-state index < -0.39 is 17.8 Å². The molecule has 0 atom stereocenters. The monoisotopic (exact) mass is 504 g/mol. The Hall–Kier alpha value is -3.83. The summed E-state index contributed by atoms with van der Waals surface area (Å²) in [5, 5.41) is 5.05. The molecule has 0 radical (unpaired) electrons. The van der Waals surface area contributed by atoms with Gasteiger partial charge in [0.2, 0.25) is 0 Å². The number of urea groups is 1. The minimum atomic E-state index is -4.63. The first-order valence-corrected chi connectivity index (χ1v) is 11.0. The van der Waals surface area contributed by atoms with Gasteiger partial charge in [0.15, 0.2) is 0 Å². The third-order valence-corrected chi connectivity index (χ3v) is 5.03. The number of nitrogens with zero attached hydrogens (tertiary/aromatic N) is 2. The molecule has 2 N–H and O–H groups in total. The Morgan fingerprint density at radius 1 is 0.861 bits per heavy atom. The van der Waals surface area contributed by atoms with E-state index >= 15 is 0 Å². The summed E-state index contributed by atoms with van der Waals surface area (Å²) in [5.74, 6) is 1.15. The molecule has 0 unspecified atom stereocenters. The van der Waals surface area contributed by atoms with Crippen molar-refractivity contribution in [3.8, 4) is 11.5 Å². The summed E-state index contributed by atoms with van der Waals surface area (Å²) in [6.45, 7) is 0.986. The summed E-state index contributed by atoms with van der Waals surface area (Å²) >= 11 is 0. The first-order chi connectivity index (χ1) is 17.3. The largest absolute Gasteiger partial charge is 0.457 e. The molecule has 0 spiro atoms. The maximum Gasteiger partial charge on any atom is 0.418 e. The summed E-state index contributed by atoms with van der Waals surface area (Å²) in [6.07, 6.45) is -1.43. The van der Waals surface area contributed by atoms with Gasteiger partial charge in [-0.25, -0.2) is 4.79 Å². The summed E-state index contributed by atoms with van der Waals surface area (Å²) < 4.78 is 57.4. The van der Waals surface area contributed by atoms with Gasteiger partial charge < -0.3 is 29.7 Å². The number of nitrogens with one attached hydrogen (secondary N) is 2. The van der Waals surface area contributed by atoms with Crippen LogP contribution in [0.4, 0.5) is 35.0 Å². The highest BCUT2D eigenvalue weighted by Gasteiger charge is 2.35. The highest BCUT2D eigenvalue weighted by molar-refractivity contribution is 6.00. The molecule has 0 aliphatic carbocycles. The molecule has 11 heteroatoms. The number of anilines is 3. The lowest BCUT2D eigenvalue weighted by Gasteiger charge is -2.28. The number of aromatic nitrogens is 1. The fraction of sp³-hybridized carbons (Fsp3) is 0.280. The van der Waals surface area contributed by atoms with Crippen molar-refractivity contribution in [2.45, 2.75) is 6.18 Å². The molecule has 2 amide bonds. The molecule has 0 saturated carbocycles. The molecule has 1 aromatic heterocycles. The number of carbonyl (C=O) groups excluding carboxylic acids is 1. The van der Waals surface area contributed by atoms with E-state index in [1.807, 2.05) is 0 Å². The number of methoxy groups -OCH3 is 2. The molecular weight excluding hydrogens is 477 g/mol. The van der Waals surface area contributed by atoms with Crippen molar-refractivity contribution < 1.29 is 32.2 Å². The molecule has 3 aromatic rings. The van der Waals surface area contributed by atoms with Crippen molar-refractivity contribution >= 4 is 23.1 Å². The van der Waals surface area contributed by atoms with Crippen LogP contribution in [0.1, 0.15) is 5.56 Å². The number of benzene rings is 2. The van der Waals surface area contributed by atoms with Gasteiger partial charge >= 0.3 is 12.2 Å². The lowest BCUT2D eigenvalue weighted by Crippen LogP contribution is -2.32. The first-order valence-electron chi connectivity index (χ1n) is 11.0. The molecule has 2 aromatic carbocycles. The van der Waals surface area contributed by atoms with Gasteiger partial charge in [-0.05, 0) is 54.6 Å². The highest BCUT2D eigenvalue weighted by Crippen LogP contribution is 2.38. The third-order valence-electron chi connectivity index (χ3n) is 5.03. The van der Waals surface area contributed by atoms with E-state index in [-0.39, 0.29) is 37.7 Å². The van der Waals surface area contributed by atoms with Crippen molar-refractivity contribution in [2.24, 2.45) is 0 Å². The Morgan fingerprint density at radius 3 is 2.00 bits per heavy atom. The fourth-order valence-corrected chi connectivity index (χ4v) is 3.31. The molecule has 0 bridgehead atoms. The zero-order chi connectivity index (χ0) is 26.0. The third kappa shape index (κ3) is 7.85. The molecule has 36 heavy (non-hydrogen) atoms. The maximum absolute atomic E-state index is 13.9. The molecule has 8 nitrogen and oxygen atoms in total. The fourth-order valence-electron chi connectivity index (χ4n) is 3.31. The zero-order valence-corrected chi connectivity index (χ0v) is 19.8. The predicted molar refractivity (Wildman–Crippen MR) is 131 cm³/mol. The van der Waals surface area contributed by atoms with Gasteiger partial charge in [-0.15, -0.1) is 0 Å². The Bertz CT molecular complexity index is 1100. The molecule has 0 aliphatic heterocycles. The number of rotatable bonds is 11. The normalized spacial score (nSPS) is 11.1. The van der Waals surface area contributed by atoms with Crippen LogP contribution >= 0.6 is 0 Å². The predicted octanol–water partition coefficient (Wildman–Crippen LogP) is 5.64. The minimum Gasteiger partial charge on any atom is -0.457 e. The number of pyridine rings is 1. The molecular formula is C25H27F3N4O4. The average Bonchev–Trinajstić information content (AvgIpc) is 2.85. The van der Waals surface area contributed by atoms with Gasteiger partial charge in [0.1, 0.15) is 11.5 Å². The zero-order valence-electron chi connectivity index (χ0n) is 19.8. The van der Waals surface area contributed by atoms with Gasteiger partial charge in [-0.1, -0.05) is 0 Å². The van der Waals surface area contributed by atoms with E-state index in [0.29, 0.717) is 17.2 Å². The van der Waals surface area contributed by atoms with Gasteiger partial charge in [0.05, 0.1) is 18.8 Å². The standard InChI is InChI=1S/C25H27F3N4O4/c1-34-15-13-32(14-16-35-2)23-8-5-19(17-22(23)25(26,27)28)31-24(33)30-18-3-6-20(7-4-18)36-21-9-11-29-12-10-21/h3-12,17H,13-16H2,1-2H3,(H2,30,31,33). The van der Waals surface area contributed by atoms with E-state index in [0.717, 1.165) is 6.07 Å². The summed E-state index contributed by atoms with van der Waals surface area (Å²) in [5.41, 5.74) is -0.454. The first kappa shape index (κ1) is 26.8.